The zero-order valence-electron chi connectivity index (χ0n) is 15.2. The number of aryl methyl sites for hydroxylation is 1. The molecule has 3 aromatic rings. The molecule has 0 unspecified atom stereocenters. The minimum absolute atomic E-state index is 0.0496. The van der Waals surface area contributed by atoms with Crippen LogP contribution in [0.1, 0.15) is 24.9 Å². The highest BCUT2D eigenvalue weighted by Gasteiger charge is 2.15. The summed E-state index contributed by atoms with van der Waals surface area (Å²) in [7, 11) is 1.76. The SMILES string of the molecule is CCCc1n[nH]c(=S)n1CC(=O)N(C)Cc1ccc(-c2ccc(Br)cc2)o1. The van der Waals surface area contributed by atoms with Gasteiger partial charge in [0.2, 0.25) is 5.91 Å². The fraction of sp³-hybridized carbons (Fsp3) is 0.316. The molecule has 0 atom stereocenters. The number of benzene rings is 1. The van der Waals surface area contributed by atoms with Crippen LogP contribution in [0.2, 0.25) is 0 Å². The summed E-state index contributed by atoms with van der Waals surface area (Å²) in [6.07, 6.45) is 1.72. The molecule has 0 aliphatic heterocycles. The van der Waals surface area contributed by atoms with Gasteiger partial charge in [-0.25, -0.2) is 0 Å². The van der Waals surface area contributed by atoms with E-state index in [1.54, 1.807) is 16.5 Å². The van der Waals surface area contributed by atoms with Crippen molar-refractivity contribution in [3.8, 4) is 11.3 Å². The van der Waals surface area contributed by atoms with E-state index in [0.717, 1.165) is 40.2 Å². The van der Waals surface area contributed by atoms with Gasteiger partial charge in [0.25, 0.3) is 0 Å². The maximum Gasteiger partial charge on any atom is 0.242 e. The van der Waals surface area contributed by atoms with Crippen LogP contribution in [0.15, 0.2) is 45.3 Å². The predicted octanol–water partition coefficient (Wildman–Crippen LogP) is 4.57. The van der Waals surface area contributed by atoms with E-state index in [0.29, 0.717) is 11.3 Å². The minimum atomic E-state index is -0.0496. The number of rotatable bonds is 7. The number of aromatic amines is 1. The average molecular weight is 449 g/mol. The van der Waals surface area contributed by atoms with Gasteiger partial charge < -0.3 is 9.32 Å². The Kier molecular flexibility index (Phi) is 6.28. The van der Waals surface area contributed by atoms with Gasteiger partial charge in [0, 0.05) is 23.5 Å². The molecule has 6 nitrogen and oxygen atoms in total. The van der Waals surface area contributed by atoms with E-state index in [-0.39, 0.29) is 12.5 Å². The highest BCUT2D eigenvalue weighted by Crippen LogP contribution is 2.24. The predicted molar refractivity (Wildman–Crippen MR) is 110 cm³/mol. The lowest BCUT2D eigenvalue weighted by Crippen LogP contribution is -2.30. The second-order valence-corrected chi connectivity index (χ2v) is 7.61. The van der Waals surface area contributed by atoms with Crippen LogP contribution in [0.3, 0.4) is 0 Å². The van der Waals surface area contributed by atoms with Gasteiger partial charge in [-0.1, -0.05) is 35.0 Å². The summed E-state index contributed by atoms with van der Waals surface area (Å²) in [5.74, 6) is 2.26. The van der Waals surface area contributed by atoms with Gasteiger partial charge in [0.15, 0.2) is 4.77 Å². The van der Waals surface area contributed by atoms with Gasteiger partial charge >= 0.3 is 0 Å². The van der Waals surface area contributed by atoms with Crippen LogP contribution in [-0.2, 0) is 24.3 Å². The van der Waals surface area contributed by atoms with Gasteiger partial charge in [0.1, 0.15) is 23.9 Å². The maximum atomic E-state index is 12.6. The Labute approximate surface area is 171 Å². The van der Waals surface area contributed by atoms with Crippen LogP contribution in [-0.4, -0.2) is 32.6 Å². The maximum absolute atomic E-state index is 12.6. The number of likely N-dealkylation sites (N-methyl/N-ethyl adjacent to an activating group) is 1. The summed E-state index contributed by atoms with van der Waals surface area (Å²) in [5.41, 5.74) is 0.993. The molecule has 0 bridgehead atoms. The molecular weight excluding hydrogens is 428 g/mol. The van der Waals surface area contributed by atoms with Crippen molar-refractivity contribution in [2.24, 2.45) is 0 Å². The second-order valence-electron chi connectivity index (χ2n) is 6.30. The first-order valence-corrected chi connectivity index (χ1v) is 9.90. The third-order valence-corrected chi connectivity index (χ3v) is 5.05. The van der Waals surface area contributed by atoms with Crippen molar-refractivity contribution in [1.29, 1.82) is 0 Å². The number of H-pyrrole nitrogens is 1. The molecule has 0 radical (unpaired) electrons. The zero-order chi connectivity index (χ0) is 19.4. The first-order valence-electron chi connectivity index (χ1n) is 8.70. The first-order chi connectivity index (χ1) is 13.0. The fourth-order valence-corrected chi connectivity index (χ4v) is 3.22. The fourth-order valence-electron chi connectivity index (χ4n) is 2.74. The molecule has 27 heavy (non-hydrogen) atoms. The van der Waals surface area contributed by atoms with Crippen LogP contribution in [0.4, 0.5) is 0 Å². The highest BCUT2D eigenvalue weighted by molar-refractivity contribution is 9.10. The van der Waals surface area contributed by atoms with E-state index in [1.807, 2.05) is 36.4 Å². The van der Waals surface area contributed by atoms with Gasteiger partial charge in [-0.3, -0.25) is 14.5 Å². The summed E-state index contributed by atoms with van der Waals surface area (Å²) >= 11 is 8.67. The largest absolute Gasteiger partial charge is 0.459 e. The van der Waals surface area contributed by atoms with E-state index in [2.05, 4.69) is 33.1 Å². The zero-order valence-corrected chi connectivity index (χ0v) is 17.6. The molecule has 0 aliphatic carbocycles. The van der Waals surface area contributed by atoms with Crippen LogP contribution in [0, 0.1) is 4.77 Å². The van der Waals surface area contributed by atoms with Crippen molar-refractivity contribution < 1.29 is 9.21 Å². The van der Waals surface area contributed by atoms with Gasteiger partial charge in [0.05, 0.1) is 6.54 Å². The quantitative estimate of drug-likeness (QED) is 0.537. The molecule has 8 heteroatoms. The van der Waals surface area contributed by atoms with E-state index >= 15 is 0 Å². The van der Waals surface area contributed by atoms with Crippen molar-refractivity contribution >= 4 is 34.1 Å². The summed E-state index contributed by atoms with van der Waals surface area (Å²) in [4.78, 5) is 14.2. The molecule has 142 valence electrons. The number of nitrogens with zero attached hydrogens (tertiary/aromatic N) is 3. The molecule has 2 aromatic heterocycles. The van der Waals surface area contributed by atoms with Crippen molar-refractivity contribution in [2.45, 2.75) is 32.9 Å². The lowest BCUT2D eigenvalue weighted by atomic mass is 10.2. The number of aromatic nitrogens is 3. The number of hydrogen-bond donors (Lipinski definition) is 1. The van der Waals surface area contributed by atoms with Crippen LogP contribution in [0.25, 0.3) is 11.3 Å². The summed E-state index contributed by atoms with van der Waals surface area (Å²) < 4.78 is 9.14. The molecule has 1 aromatic carbocycles. The Morgan fingerprint density at radius 1 is 1.30 bits per heavy atom. The highest BCUT2D eigenvalue weighted by atomic mass is 79.9. The molecule has 0 saturated heterocycles. The Hall–Kier alpha value is -2.19. The molecular formula is C19H21BrN4O2S. The van der Waals surface area contributed by atoms with Crippen LogP contribution >= 0.6 is 28.1 Å². The Bertz CT molecular complexity index is 974. The normalized spacial score (nSPS) is 10.9. The number of carbonyl (C=O) groups excluding carboxylic acids is 1. The third-order valence-electron chi connectivity index (χ3n) is 4.21. The van der Waals surface area contributed by atoms with E-state index < -0.39 is 0 Å². The summed E-state index contributed by atoms with van der Waals surface area (Å²) in [6.45, 7) is 2.63. The summed E-state index contributed by atoms with van der Waals surface area (Å²) in [5, 5.41) is 6.96. The van der Waals surface area contributed by atoms with Crippen molar-refractivity contribution in [1.82, 2.24) is 19.7 Å². The van der Waals surface area contributed by atoms with E-state index in [9.17, 15) is 4.79 Å². The smallest absolute Gasteiger partial charge is 0.242 e. The molecule has 1 N–H and O–H groups in total. The Balaban J connectivity index is 1.66. The molecule has 1 amide bonds. The van der Waals surface area contributed by atoms with Gasteiger partial charge in [-0.15, -0.1) is 0 Å². The molecule has 0 spiro atoms. The van der Waals surface area contributed by atoms with Crippen molar-refractivity contribution in [2.75, 3.05) is 7.05 Å². The van der Waals surface area contributed by atoms with E-state index in [1.165, 1.54) is 0 Å². The van der Waals surface area contributed by atoms with Crippen LogP contribution in [0.5, 0.6) is 0 Å². The molecule has 3 rings (SSSR count). The number of furan rings is 1. The lowest BCUT2D eigenvalue weighted by molar-refractivity contribution is -0.131. The molecule has 0 fully saturated rings. The summed E-state index contributed by atoms with van der Waals surface area (Å²) in [6, 6.07) is 11.7. The Morgan fingerprint density at radius 2 is 2.04 bits per heavy atom. The second kappa shape index (κ2) is 8.67. The van der Waals surface area contributed by atoms with Gasteiger partial charge in [-0.05, 0) is 42.9 Å². The van der Waals surface area contributed by atoms with Gasteiger partial charge in [-0.2, -0.15) is 5.10 Å². The molecule has 2 heterocycles. The minimum Gasteiger partial charge on any atom is -0.459 e. The number of carbonyl (C=O) groups is 1. The Morgan fingerprint density at radius 3 is 2.74 bits per heavy atom. The van der Waals surface area contributed by atoms with Crippen LogP contribution < -0.4 is 0 Å². The number of hydrogen-bond acceptors (Lipinski definition) is 4. The molecule has 0 aliphatic rings. The average Bonchev–Trinajstić information content (AvgIpc) is 3.24. The standard InChI is InChI=1S/C19H21BrN4O2S/c1-3-4-17-21-22-19(27)24(17)12-18(25)23(2)11-15-9-10-16(26-15)13-5-7-14(20)8-6-13/h5-10H,3-4,11-12H2,1-2H3,(H,22,27). The topological polar surface area (TPSA) is 67.1 Å². The number of amides is 1. The number of halogens is 1. The van der Waals surface area contributed by atoms with E-state index in [4.69, 9.17) is 16.6 Å². The number of nitrogens with one attached hydrogen (secondary N) is 1. The molecule has 0 saturated carbocycles. The first kappa shape index (κ1) is 19.6. The lowest BCUT2D eigenvalue weighted by Gasteiger charge is -2.16. The monoisotopic (exact) mass is 448 g/mol. The van der Waals surface area contributed by atoms with Crippen molar-refractivity contribution in [3.05, 3.63) is 57.2 Å². The third kappa shape index (κ3) is 4.75. The van der Waals surface area contributed by atoms with Crippen molar-refractivity contribution in [3.63, 3.8) is 0 Å².